The lowest BCUT2D eigenvalue weighted by molar-refractivity contribution is 0.0519. The number of hydrogen-bond acceptors (Lipinski definition) is 4. The lowest BCUT2D eigenvalue weighted by Crippen LogP contribution is -2.26. The molecule has 0 saturated heterocycles. The van der Waals surface area contributed by atoms with Gasteiger partial charge in [-0.25, -0.2) is 9.78 Å². The highest BCUT2D eigenvalue weighted by atomic mass is 16.5. The minimum atomic E-state index is -0.334. The first-order valence-corrected chi connectivity index (χ1v) is 5.59. The molecule has 0 amide bonds. The Balaban J connectivity index is 2.35. The van der Waals surface area contributed by atoms with Crippen LogP contribution in [0, 0.1) is 6.92 Å². The highest BCUT2D eigenvalue weighted by Crippen LogP contribution is 2.17. The average molecular weight is 220 g/mol. The molecule has 0 radical (unpaired) electrons. The Morgan fingerprint density at radius 2 is 2.44 bits per heavy atom. The second-order valence-corrected chi connectivity index (χ2v) is 3.90. The van der Waals surface area contributed by atoms with Gasteiger partial charge in [-0.05, 0) is 44.0 Å². The predicted molar refractivity (Wildman–Crippen MR) is 60.3 cm³/mol. The van der Waals surface area contributed by atoms with E-state index in [1.165, 1.54) is 5.56 Å². The van der Waals surface area contributed by atoms with E-state index < -0.39 is 0 Å². The van der Waals surface area contributed by atoms with E-state index in [1.807, 2.05) is 13.0 Å². The molecule has 2 heterocycles. The van der Waals surface area contributed by atoms with Gasteiger partial charge in [-0.15, -0.1) is 0 Å². The standard InChI is InChI=1S/C12H16N2O2/c1-3-16-12(15)10-6-8(2)9-4-5-13-7-11(9)14-10/h6,13H,3-5,7H2,1-2H3. The maximum Gasteiger partial charge on any atom is 0.356 e. The molecule has 0 bridgehead atoms. The van der Waals surface area contributed by atoms with Crippen LogP contribution in [0.2, 0.25) is 0 Å². The number of fused-ring (bicyclic) bond motifs is 1. The molecule has 1 aliphatic rings. The zero-order chi connectivity index (χ0) is 11.5. The third-order valence-corrected chi connectivity index (χ3v) is 2.76. The molecular formula is C12H16N2O2. The summed E-state index contributed by atoms with van der Waals surface area (Å²) in [6.07, 6.45) is 0.983. The molecule has 1 aromatic heterocycles. The second-order valence-electron chi connectivity index (χ2n) is 3.90. The van der Waals surface area contributed by atoms with Crippen LogP contribution in [-0.2, 0) is 17.7 Å². The monoisotopic (exact) mass is 220 g/mol. The molecule has 2 rings (SSSR count). The molecule has 86 valence electrons. The van der Waals surface area contributed by atoms with Crippen LogP contribution in [0.1, 0.15) is 34.2 Å². The van der Waals surface area contributed by atoms with Gasteiger partial charge in [-0.3, -0.25) is 0 Å². The first-order valence-electron chi connectivity index (χ1n) is 5.59. The first kappa shape index (κ1) is 11.1. The van der Waals surface area contributed by atoms with Crippen LogP contribution in [0.4, 0.5) is 0 Å². The molecule has 0 fully saturated rings. The molecule has 0 spiro atoms. The third kappa shape index (κ3) is 2.07. The van der Waals surface area contributed by atoms with Gasteiger partial charge in [0.1, 0.15) is 5.69 Å². The largest absolute Gasteiger partial charge is 0.461 e. The van der Waals surface area contributed by atoms with Crippen molar-refractivity contribution in [3.8, 4) is 0 Å². The van der Waals surface area contributed by atoms with E-state index in [-0.39, 0.29) is 5.97 Å². The fourth-order valence-corrected chi connectivity index (χ4v) is 1.98. The van der Waals surface area contributed by atoms with Crippen molar-refractivity contribution in [1.29, 1.82) is 0 Å². The second kappa shape index (κ2) is 4.61. The smallest absolute Gasteiger partial charge is 0.356 e. The summed E-state index contributed by atoms with van der Waals surface area (Å²) in [6.45, 7) is 5.92. The van der Waals surface area contributed by atoms with Gasteiger partial charge in [0.05, 0.1) is 12.3 Å². The zero-order valence-electron chi connectivity index (χ0n) is 9.67. The van der Waals surface area contributed by atoms with Crippen molar-refractivity contribution in [1.82, 2.24) is 10.3 Å². The molecule has 0 unspecified atom stereocenters. The fourth-order valence-electron chi connectivity index (χ4n) is 1.98. The van der Waals surface area contributed by atoms with Gasteiger partial charge in [0.2, 0.25) is 0 Å². The minimum absolute atomic E-state index is 0.334. The number of nitrogens with zero attached hydrogens (tertiary/aromatic N) is 1. The van der Waals surface area contributed by atoms with Crippen LogP contribution in [0.25, 0.3) is 0 Å². The molecule has 0 saturated carbocycles. The van der Waals surface area contributed by atoms with E-state index in [9.17, 15) is 4.79 Å². The summed E-state index contributed by atoms with van der Waals surface area (Å²) in [6, 6.07) is 1.82. The van der Waals surface area contributed by atoms with Gasteiger partial charge in [-0.1, -0.05) is 0 Å². The van der Waals surface area contributed by atoms with E-state index in [4.69, 9.17) is 4.74 Å². The normalized spacial score (nSPS) is 14.4. The summed E-state index contributed by atoms with van der Waals surface area (Å²) < 4.78 is 4.95. The summed E-state index contributed by atoms with van der Waals surface area (Å²) in [5.74, 6) is -0.334. The summed E-state index contributed by atoms with van der Waals surface area (Å²) >= 11 is 0. The van der Waals surface area contributed by atoms with Crippen LogP contribution in [0.15, 0.2) is 6.07 Å². The molecule has 1 aliphatic heterocycles. The third-order valence-electron chi connectivity index (χ3n) is 2.76. The molecule has 16 heavy (non-hydrogen) atoms. The van der Waals surface area contributed by atoms with Crippen molar-refractivity contribution < 1.29 is 9.53 Å². The van der Waals surface area contributed by atoms with E-state index in [2.05, 4.69) is 10.3 Å². The number of nitrogens with one attached hydrogen (secondary N) is 1. The average Bonchev–Trinajstić information content (AvgIpc) is 2.29. The molecule has 0 aromatic carbocycles. The lowest BCUT2D eigenvalue weighted by atomic mass is 10.0. The number of esters is 1. The summed E-state index contributed by atoms with van der Waals surface area (Å²) in [4.78, 5) is 15.9. The lowest BCUT2D eigenvalue weighted by Gasteiger charge is -2.18. The van der Waals surface area contributed by atoms with Crippen molar-refractivity contribution in [2.75, 3.05) is 13.2 Å². The highest BCUT2D eigenvalue weighted by Gasteiger charge is 2.17. The Morgan fingerprint density at radius 3 is 3.19 bits per heavy atom. The number of hydrogen-bond donors (Lipinski definition) is 1. The molecule has 0 atom stereocenters. The molecule has 4 heteroatoms. The number of aromatic nitrogens is 1. The molecule has 1 N–H and O–H groups in total. The van der Waals surface area contributed by atoms with Crippen molar-refractivity contribution in [3.05, 3.63) is 28.6 Å². The fraction of sp³-hybridized carbons (Fsp3) is 0.500. The molecule has 4 nitrogen and oxygen atoms in total. The Kier molecular flexibility index (Phi) is 3.19. The van der Waals surface area contributed by atoms with Gasteiger partial charge in [0, 0.05) is 6.54 Å². The number of carbonyl (C=O) groups excluding carboxylic acids is 1. The maximum atomic E-state index is 11.6. The van der Waals surface area contributed by atoms with Crippen LogP contribution in [0.3, 0.4) is 0 Å². The zero-order valence-corrected chi connectivity index (χ0v) is 9.67. The summed E-state index contributed by atoms with van der Waals surface area (Å²) in [5.41, 5.74) is 3.80. The first-order chi connectivity index (χ1) is 7.72. The van der Waals surface area contributed by atoms with Gasteiger partial charge < -0.3 is 10.1 Å². The maximum absolute atomic E-state index is 11.6. The summed E-state index contributed by atoms with van der Waals surface area (Å²) in [7, 11) is 0. The minimum Gasteiger partial charge on any atom is -0.461 e. The van der Waals surface area contributed by atoms with Crippen LogP contribution >= 0.6 is 0 Å². The van der Waals surface area contributed by atoms with Gasteiger partial charge in [-0.2, -0.15) is 0 Å². The number of pyridine rings is 1. The van der Waals surface area contributed by atoms with Crippen LogP contribution in [0.5, 0.6) is 0 Å². The molecule has 1 aromatic rings. The number of ether oxygens (including phenoxy) is 1. The van der Waals surface area contributed by atoms with Crippen molar-refractivity contribution >= 4 is 5.97 Å². The predicted octanol–water partition coefficient (Wildman–Crippen LogP) is 1.21. The van der Waals surface area contributed by atoms with E-state index in [0.29, 0.717) is 12.3 Å². The summed E-state index contributed by atoms with van der Waals surface area (Å²) in [5, 5.41) is 3.25. The Morgan fingerprint density at radius 1 is 1.62 bits per heavy atom. The Labute approximate surface area is 95.0 Å². The van der Waals surface area contributed by atoms with Gasteiger partial charge >= 0.3 is 5.97 Å². The van der Waals surface area contributed by atoms with E-state index in [1.54, 1.807) is 6.92 Å². The van der Waals surface area contributed by atoms with Crippen LogP contribution in [-0.4, -0.2) is 24.1 Å². The molecular weight excluding hydrogens is 204 g/mol. The van der Waals surface area contributed by atoms with E-state index >= 15 is 0 Å². The van der Waals surface area contributed by atoms with Crippen LogP contribution < -0.4 is 5.32 Å². The molecule has 0 aliphatic carbocycles. The van der Waals surface area contributed by atoms with E-state index in [0.717, 1.165) is 30.8 Å². The Hall–Kier alpha value is -1.42. The quantitative estimate of drug-likeness (QED) is 0.761. The number of aryl methyl sites for hydroxylation is 1. The Bertz CT molecular complexity index is 416. The van der Waals surface area contributed by atoms with Crippen molar-refractivity contribution in [2.24, 2.45) is 0 Å². The van der Waals surface area contributed by atoms with Gasteiger partial charge in [0.25, 0.3) is 0 Å². The number of carbonyl (C=O) groups is 1. The highest BCUT2D eigenvalue weighted by molar-refractivity contribution is 5.87. The van der Waals surface area contributed by atoms with Gasteiger partial charge in [0.15, 0.2) is 0 Å². The topological polar surface area (TPSA) is 51.2 Å². The van der Waals surface area contributed by atoms with Crippen molar-refractivity contribution in [2.45, 2.75) is 26.8 Å². The number of rotatable bonds is 2. The SMILES string of the molecule is CCOC(=O)c1cc(C)c2c(n1)CNCC2. The van der Waals surface area contributed by atoms with Crippen molar-refractivity contribution in [3.63, 3.8) is 0 Å².